The molecule has 1 atom stereocenters. The summed E-state index contributed by atoms with van der Waals surface area (Å²) in [5.41, 5.74) is 0.938. The first-order valence-corrected chi connectivity index (χ1v) is 10.2. The molecule has 138 valence electrons. The minimum Gasteiger partial charge on any atom is -0.338 e. The second-order valence-corrected chi connectivity index (χ2v) is 8.85. The zero-order chi connectivity index (χ0) is 17.9. The highest BCUT2D eigenvalue weighted by molar-refractivity contribution is 7.90. The molecule has 2 N–H and O–H groups in total. The molecular formula is C17H24FN3O3S. The Balaban J connectivity index is 1.41. The van der Waals surface area contributed by atoms with E-state index >= 15 is 0 Å². The monoisotopic (exact) mass is 369 g/mol. The molecule has 2 aliphatic rings. The normalized spacial score (nSPS) is 20.7. The molecule has 2 fully saturated rings. The summed E-state index contributed by atoms with van der Waals surface area (Å²) in [6.07, 6.45) is 3.25. The number of hydrogen-bond acceptors (Lipinski definition) is 3. The molecule has 1 aromatic carbocycles. The first-order chi connectivity index (χ1) is 11.9. The minimum atomic E-state index is -3.36. The lowest BCUT2D eigenvalue weighted by Crippen LogP contribution is -2.42. The Labute approximate surface area is 147 Å². The molecule has 0 aromatic heterocycles. The average molecular weight is 369 g/mol. The van der Waals surface area contributed by atoms with Gasteiger partial charge in [0, 0.05) is 26.2 Å². The Hall–Kier alpha value is -1.67. The van der Waals surface area contributed by atoms with Crippen LogP contribution in [0.2, 0.25) is 0 Å². The Morgan fingerprint density at radius 2 is 1.92 bits per heavy atom. The summed E-state index contributed by atoms with van der Waals surface area (Å²) in [6, 6.07) is 5.91. The number of rotatable bonds is 7. The zero-order valence-corrected chi connectivity index (χ0v) is 14.9. The van der Waals surface area contributed by atoms with Gasteiger partial charge < -0.3 is 10.2 Å². The van der Waals surface area contributed by atoms with Crippen molar-refractivity contribution in [3.05, 3.63) is 35.6 Å². The molecule has 3 rings (SSSR count). The van der Waals surface area contributed by atoms with E-state index in [1.165, 1.54) is 12.1 Å². The number of urea groups is 1. The predicted molar refractivity (Wildman–Crippen MR) is 93.1 cm³/mol. The lowest BCUT2D eigenvalue weighted by molar-refractivity contribution is 0.209. The van der Waals surface area contributed by atoms with E-state index in [0.717, 1.165) is 18.4 Å². The molecule has 1 aliphatic carbocycles. The molecule has 8 heteroatoms. The Bertz CT molecular complexity index is 704. The fraction of sp³-hybridized carbons (Fsp3) is 0.588. The summed E-state index contributed by atoms with van der Waals surface area (Å²) >= 11 is 0. The molecule has 1 aliphatic heterocycles. The fourth-order valence-corrected chi connectivity index (χ4v) is 4.41. The van der Waals surface area contributed by atoms with Gasteiger partial charge in [-0.1, -0.05) is 12.1 Å². The number of nitrogens with zero attached hydrogens (tertiary/aromatic N) is 1. The third-order valence-corrected chi connectivity index (χ3v) is 6.58. The van der Waals surface area contributed by atoms with Crippen molar-refractivity contribution >= 4 is 16.1 Å². The Morgan fingerprint density at radius 3 is 2.60 bits per heavy atom. The second-order valence-electron chi connectivity index (χ2n) is 6.80. The molecule has 1 unspecified atom stereocenters. The number of carbonyl (C=O) groups excluding carboxylic acids is 1. The van der Waals surface area contributed by atoms with Crippen molar-refractivity contribution in [1.29, 1.82) is 0 Å². The molecule has 6 nitrogen and oxygen atoms in total. The van der Waals surface area contributed by atoms with Crippen LogP contribution < -0.4 is 10.0 Å². The minimum absolute atomic E-state index is 0.225. The number of benzene rings is 1. The van der Waals surface area contributed by atoms with E-state index in [4.69, 9.17) is 0 Å². The van der Waals surface area contributed by atoms with E-state index < -0.39 is 15.3 Å². The molecule has 0 radical (unpaired) electrons. The largest absolute Gasteiger partial charge is 0.338 e. The van der Waals surface area contributed by atoms with E-state index in [-0.39, 0.29) is 18.4 Å². The summed E-state index contributed by atoms with van der Waals surface area (Å²) in [6.45, 7) is 1.61. The zero-order valence-electron chi connectivity index (χ0n) is 14.1. The van der Waals surface area contributed by atoms with Crippen LogP contribution in [0, 0.1) is 11.7 Å². The molecule has 1 saturated carbocycles. The molecular weight excluding hydrogens is 345 g/mol. The fourth-order valence-electron chi connectivity index (χ4n) is 2.92. The van der Waals surface area contributed by atoms with E-state index in [1.807, 2.05) is 0 Å². The van der Waals surface area contributed by atoms with Crippen molar-refractivity contribution in [1.82, 2.24) is 14.9 Å². The van der Waals surface area contributed by atoms with Gasteiger partial charge in [0.15, 0.2) is 0 Å². The lowest BCUT2D eigenvalue weighted by Gasteiger charge is -2.18. The van der Waals surface area contributed by atoms with E-state index in [2.05, 4.69) is 10.0 Å². The van der Waals surface area contributed by atoms with Gasteiger partial charge in [0.25, 0.3) is 0 Å². The SMILES string of the molecule is O=C(NCCc1ccc(F)cc1)N1CCC(S(=O)(=O)NCC2CC2)C1. The Kier molecular flexibility index (Phi) is 5.58. The van der Waals surface area contributed by atoms with E-state index in [0.29, 0.717) is 38.4 Å². The van der Waals surface area contributed by atoms with Gasteiger partial charge in [0.1, 0.15) is 5.82 Å². The van der Waals surface area contributed by atoms with Crippen molar-refractivity contribution in [2.75, 3.05) is 26.2 Å². The van der Waals surface area contributed by atoms with Crippen molar-refractivity contribution in [3.63, 3.8) is 0 Å². The molecule has 1 aromatic rings. The lowest BCUT2D eigenvalue weighted by atomic mass is 10.1. The highest BCUT2D eigenvalue weighted by Crippen LogP contribution is 2.28. The van der Waals surface area contributed by atoms with Crippen LogP contribution in [0.1, 0.15) is 24.8 Å². The smallest absolute Gasteiger partial charge is 0.317 e. The van der Waals surface area contributed by atoms with Crippen LogP contribution in [0.5, 0.6) is 0 Å². The maximum Gasteiger partial charge on any atom is 0.317 e. The van der Waals surface area contributed by atoms with Gasteiger partial charge in [-0.25, -0.2) is 22.3 Å². The van der Waals surface area contributed by atoms with Crippen LogP contribution in [-0.4, -0.2) is 50.8 Å². The maximum absolute atomic E-state index is 12.8. The molecule has 25 heavy (non-hydrogen) atoms. The quantitative estimate of drug-likeness (QED) is 0.764. The molecule has 1 saturated heterocycles. The molecule has 0 spiro atoms. The number of carbonyl (C=O) groups is 1. The van der Waals surface area contributed by atoms with Crippen molar-refractivity contribution in [3.8, 4) is 0 Å². The summed E-state index contributed by atoms with van der Waals surface area (Å²) < 4.78 is 40.0. The van der Waals surface area contributed by atoms with Crippen molar-refractivity contribution < 1.29 is 17.6 Å². The molecule has 2 amide bonds. The average Bonchev–Trinajstić information content (AvgIpc) is 3.28. The van der Waals surface area contributed by atoms with E-state index in [9.17, 15) is 17.6 Å². The first kappa shape index (κ1) is 18.1. The Morgan fingerprint density at radius 1 is 1.20 bits per heavy atom. The van der Waals surface area contributed by atoms with Crippen LogP contribution in [-0.2, 0) is 16.4 Å². The number of halogens is 1. The predicted octanol–water partition coefficient (Wildman–Crippen LogP) is 1.48. The van der Waals surface area contributed by atoms with Gasteiger partial charge in [-0.15, -0.1) is 0 Å². The van der Waals surface area contributed by atoms with Gasteiger partial charge in [-0.05, 0) is 49.3 Å². The van der Waals surface area contributed by atoms with Crippen molar-refractivity contribution in [2.45, 2.75) is 30.9 Å². The van der Waals surface area contributed by atoms with Crippen LogP contribution in [0.15, 0.2) is 24.3 Å². The third-order valence-electron chi connectivity index (χ3n) is 4.74. The number of nitrogens with one attached hydrogen (secondary N) is 2. The molecule has 0 bridgehead atoms. The number of likely N-dealkylation sites (tertiary alicyclic amines) is 1. The molecule has 1 heterocycles. The van der Waals surface area contributed by atoms with E-state index in [1.54, 1.807) is 17.0 Å². The van der Waals surface area contributed by atoms with Crippen LogP contribution >= 0.6 is 0 Å². The van der Waals surface area contributed by atoms with Gasteiger partial charge in [0.05, 0.1) is 5.25 Å². The summed E-state index contributed by atoms with van der Waals surface area (Å²) in [5.74, 6) is 0.203. The highest BCUT2D eigenvalue weighted by atomic mass is 32.2. The van der Waals surface area contributed by atoms with Crippen LogP contribution in [0.3, 0.4) is 0 Å². The number of hydrogen-bond donors (Lipinski definition) is 2. The second kappa shape index (κ2) is 7.70. The standard InChI is InChI=1S/C17H24FN3O3S/c18-15-5-3-13(4-6-15)7-9-19-17(22)21-10-8-16(12-21)25(23,24)20-11-14-1-2-14/h3-6,14,16,20H,1-2,7-12H2,(H,19,22). The first-order valence-electron chi connectivity index (χ1n) is 8.70. The van der Waals surface area contributed by atoms with Crippen molar-refractivity contribution in [2.24, 2.45) is 5.92 Å². The number of sulfonamides is 1. The van der Waals surface area contributed by atoms with Gasteiger partial charge in [0.2, 0.25) is 10.0 Å². The topological polar surface area (TPSA) is 78.5 Å². The van der Waals surface area contributed by atoms with Gasteiger partial charge >= 0.3 is 6.03 Å². The van der Waals surface area contributed by atoms with Gasteiger partial charge in [-0.3, -0.25) is 0 Å². The van der Waals surface area contributed by atoms with Gasteiger partial charge in [-0.2, -0.15) is 0 Å². The number of amides is 2. The van der Waals surface area contributed by atoms with Crippen LogP contribution in [0.25, 0.3) is 0 Å². The van der Waals surface area contributed by atoms with Crippen LogP contribution in [0.4, 0.5) is 9.18 Å². The highest BCUT2D eigenvalue weighted by Gasteiger charge is 2.36. The third kappa shape index (κ3) is 5.15. The summed E-state index contributed by atoms with van der Waals surface area (Å²) in [7, 11) is -3.36. The maximum atomic E-state index is 12.8. The summed E-state index contributed by atoms with van der Waals surface area (Å²) in [5, 5.41) is 2.26. The summed E-state index contributed by atoms with van der Waals surface area (Å²) in [4.78, 5) is 13.7.